The second kappa shape index (κ2) is 4.70. The molecule has 1 aromatic carbocycles. The molecule has 0 aliphatic rings. The maximum Gasteiger partial charge on any atom is 0.336 e. The maximum absolute atomic E-state index is 11.9. The molecule has 2 N–H and O–H groups in total. The van der Waals surface area contributed by atoms with Crippen molar-refractivity contribution in [3.8, 4) is 0 Å². The topological polar surface area (TPSA) is 92.4 Å². The highest BCUT2D eigenvalue weighted by molar-refractivity contribution is 6.10. The van der Waals surface area contributed by atoms with Gasteiger partial charge in [0.15, 0.2) is 0 Å². The van der Waals surface area contributed by atoms with Crippen LogP contribution in [0.2, 0.25) is 0 Å². The van der Waals surface area contributed by atoms with Crippen molar-refractivity contribution in [2.45, 2.75) is 6.92 Å². The van der Waals surface area contributed by atoms with Crippen LogP contribution in [0.1, 0.15) is 26.4 Å². The summed E-state index contributed by atoms with van der Waals surface area (Å²) in [6.07, 6.45) is 0. The van der Waals surface area contributed by atoms with E-state index in [0.29, 0.717) is 5.69 Å². The van der Waals surface area contributed by atoms with E-state index in [4.69, 9.17) is 9.63 Å². The zero-order valence-electron chi connectivity index (χ0n) is 9.51. The molecule has 0 atom stereocenters. The van der Waals surface area contributed by atoms with Crippen molar-refractivity contribution in [3.63, 3.8) is 0 Å². The minimum Gasteiger partial charge on any atom is -0.478 e. The predicted octanol–water partition coefficient (Wildman–Crippen LogP) is 1.93. The average Bonchev–Trinajstić information content (AvgIpc) is 2.74. The number of aromatic nitrogens is 1. The lowest BCUT2D eigenvalue weighted by molar-refractivity contribution is 0.0692. The van der Waals surface area contributed by atoms with Gasteiger partial charge in [0, 0.05) is 6.07 Å². The Bertz CT molecular complexity index is 604. The molecule has 1 amide bonds. The van der Waals surface area contributed by atoms with Gasteiger partial charge in [-0.2, -0.15) is 0 Å². The minimum atomic E-state index is -1.16. The summed E-state index contributed by atoms with van der Waals surface area (Å²) in [5.74, 6) is -1.53. The Morgan fingerprint density at radius 1 is 1.28 bits per heavy atom. The highest BCUT2D eigenvalue weighted by Crippen LogP contribution is 2.13. The molecule has 0 radical (unpaired) electrons. The molecular formula is C12H10N2O4. The first kappa shape index (κ1) is 11.8. The fourth-order valence-corrected chi connectivity index (χ4v) is 1.47. The molecule has 0 aliphatic heterocycles. The van der Waals surface area contributed by atoms with E-state index in [0.717, 1.165) is 0 Å². The highest BCUT2D eigenvalue weighted by atomic mass is 16.5. The Balaban J connectivity index is 2.26. The number of aromatic carboxylic acids is 1. The van der Waals surface area contributed by atoms with E-state index < -0.39 is 11.9 Å². The zero-order chi connectivity index (χ0) is 13.1. The fourth-order valence-electron chi connectivity index (χ4n) is 1.47. The number of rotatable bonds is 3. The summed E-state index contributed by atoms with van der Waals surface area (Å²) in [6.45, 7) is 1.71. The summed E-state index contributed by atoms with van der Waals surface area (Å²) in [7, 11) is 0. The second-order valence-corrected chi connectivity index (χ2v) is 3.64. The van der Waals surface area contributed by atoms with Crippen molar-refractivity contribution in [1.29, 1.82) is 0 Å². The number of carboxylic acids is 1. The summed E-state index contributed by atoms with van der Waals surface area (Å²) in [4.78, 5) is 22.9. The van der Waals surface area contributed by atoms with E-state index in [1.54, 1.807) is 25.1 Å². The standard InChI is InChI=1S/C12H10N2O4/c1-7-6-10(18-14-7)13-11(15)8-4-2-3-5-9(8)12(16)17/h2-6H,1H3,(H,13,15)(H,16,17). The third-order valence-electron chi connectivity index (χ3n) is 2.27. The SMILES string of the molecule is Cc1cc(NC(=O)c2ccccc2C(=O)O)on1. The van der Waals surface area contributed by atoms with Crippen LogP contribution < -0.4 is 5.32 Å². The van der Waals surface area contributed by atoms with E-state index in [-0.39, 0.29) is 17.0 Å². The van der Waals surface area contributed by atoms with Crippen LogP contribution in [-0.4, -0.2) is 22.1 Å². The zero-order valence-corrected chi connectivity index (χ0v) is 9.51. The number of nitrogens with one attached hydrogen (secondary N) is 1. The van der Waals surface area contributed by atoms with E-state index in [1.807, 2.05) is 0 Å². The van der Waals surface area contributed by atoms with Crippen molar-refractivity contribution < 1.29 is 19.2 Å². The Morgan fingerprint density at radius 2 is 1.94 bits per heavy atom. The van der Waals surface area contributed by atoms with Gasteiger partial charge < -0.3 is 9.63 Å². The van der Waals surface area contributed by atoms with Gasteiger partial charge >= 0.3 is 5.97 Å². The van der Waals surface area contributed by atoms with Crippen LogP contribution in [0.3, 0.4) is 0 Å². The molecule has 92 valence electrons. The van der Waals surface area contributed by atoms with E-state index in [1.165, 1.54) is 12.1 Å². The number of hydrogen-bond acceptors (Lipinski definition) is 4. The Kier molecular flexibility index (Phi) is 3.09. The molecule has 1 heterocycles. The normalized spacial score (nSPS) is 10.1. The number of aryl methyl sites for hydroxylation is 1. The van der Waals surface area contributed by atoms with Gasteiger partial charge in [0.25, 0.3) is 5.91 Å². The van der Waals surface area contributed by atoms with Crippen molar-refractivity contribution in [3.05, 3.63) is 47.2 Å². The third kappa shape index (κ3) is 2.37. The first-order valence-corrected chi connectivity index (χ1v) is 5.15. The number of nitrogens with zero attached hydrogens (tertiary/aromatic N) is 1. The molecule has 0 fully saturated rings. The van der Waals surface area contributed by atoms with Gasteiger partial charge in [-0.25, -0.2) is 4.79 Å². The van der Waals surface area contributed by atoms with Gasteiger partial charge in [0.2, 0.25) is 5.88 Å². The van der Waals surface area contributed by atoms with Crippen molar-refractivity contribution >= 4 is 17.8 Å². The second-order valence-electron chi connectivity index (χ2n) is 3.64. The van der Waals surface area contributed by atoms with Crippen LogP contribution in [0.15, 0.2) is 34.9 Å². The summed E-state index contributed by atoms with van der Waals surface area (Å²) in [6, 6.07) is 7.48. The van der Waals surface area contributed by atoms with Crippen molar-refractivity contribution in [2.75, 3.05) is 5.32 Å². The summed E-state index contributed by atoms with van der Waals surface area (Å²) < 4.78 is 4.83. The average molecular weight is 246 g/mol. The molecule has 0 saturated heterocycles. The van der Waals surface area contributed by atoms with E-state index in [9.17, 15) is 9.59 Å². The lowest BCUT2D eigenvalue weighted by Crippen LogP contribution is -2.15. The first-order chi connectivity index (χ1) is 8.58. The Morgan fingerprint density at radius 3 is 2.50 bits per heavy atom. The molecule has 2 aromatic rings. The maximum atomic E-state index is 11.9. The minimum absolute atomic E-state index is 0.0637. The van der Waals surface area contributed by atoms with Gasteiger partial charge in [-0.1, -0.05) is 17.3 Å². The van der Waals surface area contributed by atoms with Crippen LogP contribution in [0, 0.1) is 6.92 Å². The number of benzene rings is 1. The van der Waals surface area contributed by atoms with E-state index in [2.05, 4.69) is 10.5 Å². The van der Waals surface area contributed by atoms with Crippen LogP contribution in [0.4, 0.5) is 5.88 Å². The third-order valence-corrected chi connectivity index (χ3v) is 2.27. The lowest BCUT2D eigenvalue weighted by Gasteiger charge is -2.04. The summed E-state index contributed by atoms with van der Waals surface area (Å²) >= 11 is 0. The molecule has 2 rings (SSSR count). The number of carboxylic acid groups (broad SMARTS) is 1. The molecule has 0 unspecified atom stereocenters. The molecule has 1 aromatic heterocycles. The van der Waals surface area contributed by atoms with Gasteiger partial charge in [-0.05, 0) is 19.1 Å². The van der Waals surface area contributed by atoms with Crippen molar-refractivity contribution in [2.24, 2.45) is 0 Å². The lowest BCUT2D eigenvalue weighted by atomic mass is 10.1. The number of amides is 1. The highest BCUT2D eigenvalue weighted by Gasteiger charge is 2.16. The number of hydrogen-bond donors (Lipinski definition) is 2. The first-order valence-electron chi connectivity index (χ1n) is 5.15. The Hall–Kier alpha value is -2.63. The monoisotopic (exact) mass is 246 g/mol. The number of carbonyl (C=O) groups is 2. The van der Waals surface area contributed by atoms with E-state index >= 15 is 0 Å². The van der Waals surface area contributed by atoms with Crippen LogP contribution in [0.25, 0.3) is 0 Å². The Labute approximate surface area is 102 Å². The quantitative estimate of drug-likeness (QED) is 0.863. The van der Waals surface area contributed by atoms with Gasteiger partial charge in [-0.3, -0.25) is 10.1 Å². The van der Waals surface area contributed by atoms with Crippen LogP contribution >= 0.6 is 0 Å². The summed E-state index contributed by atoms with van der Waals surface area (Å²) in [5.41, 5.74) is 0.627. The van der Waals surface area contributed by atoms with Crippen LogP contribution in [0.5, 0.6) is 0 Å². The smallest absolute Gasteiger partial charge is 0.336 e. The van der Waals surface area contributed by atoms with Gasteiger partial charge in [0.1, 0.15) is 0 Å². The van der Waals surface area contributed by atoms with Gasteiger partial charge in [-0.15, -0.1) is 0 Å². The molecule has 6 nitrogen and oxygen atoms in total. The van der Waals surface area contributed by atoms with Crippen molar-refractivity contribution in [1.82, 2.24) is 5.16 Å². The largest absolute Gasteiger partial charge is 0.478 e. The van der Waals surface area contributed by atoms with Crippen LogP contribution in [-0.2, 0) is 0 Å². The molecule has 0 saturated carbocycles. The van der Waals surface area contributed by atoms with Gasteiger partial charge in [0.05, 0.1) is 16.8 Å². The molecule has 6 heteroatoms. The molecular weight excluding hydrogens is 236 g/mol. The molecule has 0 bridgehead atoms. The number of anilines is 1. The molecule has 0 aliphatic carbocycles. The fraction of sp³-hybridized carbons (Fsp3) is 0.0833. The molecule has 0 spiro atoms. The summed E-state index contributed by atoms with van der Waals surface area (Å²) in [5, 5.41) is 15.0. The number of carbonyl (C=O) groups excluding carboxylic acids is 1. The predicted molar refractivity (Wildman–Crippen MR) is 62.6 cm³/mol. The molecule has 18 heavy (non-hydrogen) atoms.